The van der Waals surface area contributed by atoms with E-state index >= 15 is 0 Å². The van der Waals surface area contributed by atoms with Crippen LogP contribution in [0.15, 0.2) is 30.6 Å². The number of ether oxygens (including phenoxy) is 1. The Kier molecular flexibility index (Phi) is 6.32. The van der Waals surface area contributed by atoms with E-state index in [1.165, 1.54) is 29.4 Å². The summed E-state index contributed by atoms with van der Waals surface area (Å²) in [5, 5.41) is 2.42. The molecule has 1 radical (unpaired) electrons. The first-order valence-electron chi connectivity index (χ1n) is 6.81. The second kappa shape index (κ2) is 8.05. The van der Waals surface area contributed by atoms with Crippen LogP contribution in [0.25, 0.3) is 5.73 Å². The molecule has 0 unspecified atom stereocenters. The molecule has 8 nitrogen and oxygen atoms in total. The van der Waals surface area contributed by atoms with E-state index in [1.807, 2.05) is 0 Å². The summed E-state index contributed by atoms with van der Waals surface area (Å²) >= 11 is 0. The topological polar surface area (TPSA) is 111 Å². The molecule has 1 saturated heterocycles. The minimum atomic E-state index is -0.770. The number of anilines is 2. The monoisotopic (exact) mass is 545 g/mol. The van der Waals surface area contributed by atoms with Crippen LogP contribution < -0.4 is 10.2 Å². The SMILES string of the molecule is [Ac].[NH-]C[C@H]1CN(c2ccc(C(=O)Nc3ncc[nH]3)c(F)c2)C(=O)O1. The molecule has 0 saturated carbocycles. The number of H-pyrrole nitrogens is 1. The van der Waals surface area contributed by atoms with Gasteiger partial charge in [0.1, 0.15) is 11.9 Å². The van der Waals surface area contributed by atoms with Crippen molar-refractivity contribution in [2.24, 2.45) is 0 Å². The minimum Gasteiger partial charge on any atom is -0.674 e. The van der Waals surface area contributed by atoms with Crippen LogP contribution in [-0.4, -0.2) is 41.2 Å². The molecule has 3 rings (SSSR count). The second-order valence-corrected chi connectivity index (χ2v) is 4.88. The predicted octanol–water partition coefficient (Wildman–Crippen LogP) is 2.18. The van der Waals surface area contributed by atoms with Crippen molar-refractivity contribution in [1.29, 1.82) is 0 Å². The van der Waals surface area contributed by atoms with E-state index < -0.39 is 23.9 Å². The molecule has 1 aromatic heterocycles. The minimum absolute atomic E-state index is 0. The summed E-state index contributed by atoms with van der Waals surface area (Å²) in [4.78, 5) is 31.4. The van der Waals surface area contributed by atoms with Crippen molar-refractivity contribution in [2.75, 3.05) is 23.3 Å². The van der Waals surface area contributed by atoms with Gasteiger partial charge in [0.15, 0.2) is 0 Å². The van der Waals surface area contributed by atoms with E-state index in [4.69, 9.17) is 10.5 Å². The Morgan fingerprint density at radius 1 is 1.54 bits per heavy atom. The summed E-state index contributed by atoms with van der Waals surface area (Å²) in [6.45, 7) is 0.119. The fourth-order valence-electron chi connectivity index (χ4n) is 2.20. The van der Waals surface area contributed by atoms with Crippen molar-refractivity contribution < 1.29 is 62.8 Å². The van der Waals surface area contributed by atoms with Crippen molar-refractivity contribution >= 4 is 23.6 Å². The Labute approximate surface area is 172 Å². The number of hydrogen-bond acceptors (Lipinski definition) is 4. The molecule has 123 valence electrons. The van der Waals surface area contributed by atoms with Crippen LogP contribution >= 0.6 is 0 Å². The molecule has 10 heteroatoms. The van der Waals surface area contributed by atoms with E-state index in [1.54, 1.807) is 0 Å². The van der Waals surface area contributed by atoms with Crippen molar-refractivity contribution in [3.05, 3.63) is 47.7 Å². The quantitative estimate of drug-likeness (QED) is 0.614. The van der Waals surface area contributed by atoms with Crippen LogP contribution in [0.2, 0.25) is 0 Å². The molecular formula is C14H13AcFN5O3-. The van der Waals surface area contributed by atoms with E-state index in [9.17, 15) is 14.0 Å². The molecular weight excluding hydrogens is 532 g/mol. The number of cyclic esters (lactones) is 1. The Morgan fingerprint density at radius 3 is 2.92 bits per heavy atom. The fraction of sp³-hybridized carbons (Fsp3) is 0.214. The Bertz CT molecular complexity index is 740. The molecule has 0 aliphatic carbocycles. The fourth-order valence-corrected chi connectivity index (χ4v) is 2.20. The van der Waals surface area contributed by atoms with Crippen LogP contribution in [-0.2, 0) is 4.74 Å². The molecule has 1 aliphatic heterocycles. The molecule has 1 aliphatic rings. The first kappa shape index (κ1) is 18.8. The van der Waals surface area contributed by atoms with Gasteiger partial charge in [-0.25, -0.2) is 14.2 Å². The third kappa shape index (κ3) is 3.94. The van der Waals surface area contributed by atoms with E-state index in [2.05, 4.69) is 15.3 Å². The van der Waals surface area contributed by atoms with Crippen molar-refractivity contribution in [3.8, 4) is 0 Å². The summed E-state index contributed by atoms with van der Waals surface area (Å²) in [5.74, 6) is -1.22. The third-order valence-electron chi connectivity index (χ3n) is 3.34. The van der Waals surface area contributed by atoms with E-state index in [0.717, 1.165) is 6.07 Å². The molecule has 3 N–H and O–H groups in total. The van der Waals surface area contributed by atoms with Gasteiger partial charge < -0.3 is 15.5 Å². The Morgan fingerprint density at radius 2 is 2.33 bits per heavy atom. The maximum atomic E-state index is 14.2. The number of rotatable bonds is 4. The van der Waals surface area contributed by atoms with Gasteiger partial charge in [0.2, 0.25) is 5.95 Å². The van der Waals surface area contributed by atoms with Crippen LogP contribution in [0, 0.1) is 49.9 Å². The maximum absolute atomic E-state index is 14.2. The molecule has 1 atom stereocenters. The zero-order valence-electron chi connectivity index (χ0n) is 12.5. The van der Waals surface area contributed by atoms with Gasteiger partial charge in [0.25, 0.3) is 5.91 Å². The smallest absolute Gasteiger partial charge is 0.414 e. The standard InChI is InChI=1S/C14H13FN5O3.Ac/c15-11-5-8(20-7-9(6-16)23-14(20)22)1-2-10(11)12(21)19-13-17-3-4-18-13;/h1-5,9,16H,6-7H2,(H2,17,18,19,21);/q-1;/t9-;/m0./s1. The number of aromatic amines is 1. The number of amides is 2. The van der Waals surface area contributed by atoms with E-state index in [0.29, 0.717) is 0 Å². The summed E-state index contributed by atoms with van der Waals surface area (Å²) in [6, 6.07) is 3.82. The summed E-state index contributed by atoms with van der Waals surface area (Å²) in [6.07, 6.45) is 1.81. The van der Waals surface area contributed by atoms with Crippen molar-refractivity contribution in [2.45, 2.75) is 6.10 Å². The Balaban J connectivity index is 0.00000208. The molecule has 2 amide bonds. The van der Waals surface area contributed by atoms with E-state index in [-0.39, 0.29) is 74.4 Å². The van der Waals surface area contributed by atoms with Crippen LogP contribution in [0.5, 0.6) is 0 Å². The number of nitrogens with zero attached hydrogens (tertiary/aromatic N) is 2. The van der Waals surface area contributed by atoms with Gasteiger partial charge in [-0.05, 0) is 18.2 Å². The van der Waals surface area contributed by atoms with Crippen LogP contribution in [0.1, 0.15) is 10.4 Å². The predicted molar refractivity (Wildman–Crippen MR) is 79.7 cm³/mol. The average molecular weight is 545 g/mol. The van der Waals surface area contributed by atoms with Gasteiger partial charge in [-0.1, -0.05) is 0 Å². The van der Waals surface area contributed by atoms with Crippen molar-refractivity contribution in [3.63, 3.8) is 0 Å². The molecule has 0 spiro atoms. The number of benzene rings is 1. The summed E-state index contributed by atoms with van der Waals surface area (Å²) < 4.78 is 19.1. The first-order chi connectivity index (χ1) is 11.1. The number of aromatic nitrogens is 2. The third-order valence-corrected chi connectivity index (χ3v) is 3.34. The number of hydrogen-bond donors (Lipinski definition) is 2. The average Bonchev–Trinajstić information content (AvgIpc) is 3.16. The van der Waals surface area contributed by atoms with Gasteiger partial charge in [-0.15, -0.1) is 6.54 Å². The summed E-state index contributed by atoms with van der Waals surface area (Å²) in [7, 11) is 0. The Hall–Kier alpha value is -1.50. The molecule has 1 aromatic carbocycles. The molecule has 2 aromatic rings. The number of nitrogens with one attached hydrogen (secondary N) is 3. The van der Waals surface area contributed by atoms with Gasteiger partial charge in [0.05, 0.1) is 17.8 Å². The zero-order chi connectivity index (χ0) is 16.4. The molecule has 2 heterocycles. The maximum Gasteiger partial charge on any atom is 0.414 e. The second-order valence-electron chi connectivity index (χ2n) is 4.88. The van der Waals surface area contributed by atoms with Gasteiger partial charge in [-0.3, -0.25) is 15.0 Å². The number of carbonyl (C=O) groups excluding carboxylic acids is 2. The number of halogens is 1. The summed E-state index contributed by atoms with van der Waals surface area (Å²) in [5.41, 5.74) is 7.33. The largest absolute Gasteiger partial charge is 0.674 e. The molecule has 0 bridgehead atoms. The van der Waals surface area contributed by atoms with Gasteiger partial charge >= 0.3 is 6.09 Å². The van der Waals surface area contributed by atoms with Gasteiger partial charge in [0, 0.05) is 56.5 Å². The molecule has 24 heavy (non-hydrogen) atoms. The molecule has 1 fully saturated rings. The van der Waals surface area contributed by atoms with Crippen LogP contribution in [0.4, 0.5) is 20.8 Å². The van der Waals surface area contributed by atoms with Crippen molar-refractivity contribution in [1.82, 2.24) is 9.97 Å². The van der Waals surface area contributed by atoms with Crippen LogP contribution in [0.3, 0.4) is 0 Å². The zero-order valence-corrected chi connectivity index (χ0v) is 17.2. The normalized spacial score (nSPS) is 16.5. The number of imidazole rings is 1. The van der Waals surface area contributed by atoms with Gasteiger partial charge in [-0.2, -0.15) is 0 Å². The first-order valence-corrected chi connectivity index (χ1v) is 6.81. The number of carbonyl (C=O) groups is 2.